The number of hydrazone groups is 1. The molecule has 0 bridgehead atoms. The molecule has 36 heavy (non-hydrogen) atoms. The lowest BCUT2D eigenvalue weighted by Crippen LogP contribution is -2.17. The normalized spacial score (nSPS) is 11.0. The van der Waals surface area contributed by atoms with E-state index in [0.717, 1.165) is 37.5 Å². The van der Waals surface area contributed by atoms with Crippen LogP contribution in [0.25, 0.3) is 5.69 Å². The van der Waals surface area contributed by atoms with E-state index in [1.807, 2.05) is 50.2 Å². The van der Waals surface area contributed by atoms with Crippen molar-refractivity contribution in [1.29, 1.82) is 0 Å². The van der Waals surface area contributed by atoms with Gasteiger partial charge in [0.05, 0.1) is 16.9 Å². The quantitative estimate of drug-likeness (QED) is 0.150. The number of halogens is 2. The second-order valence-electron chi connectivity index (χ2n) is 8.12. The number of amides is 1. The fraction of sp³-hybridized carbons (Fsp3) is 0.143. The van der Waals surface area contributed by atoms with Gasteiger partial charge in [-0.25, -0.2) is 9.82 Å². The molecule has 0 saturated carbocycles. The first-order chi connectivity index (χ1) is 17.4. The number of rotatable bonds is 8. The summed E-state index contributed by atoms with van der Waals surface area (Å²) in [7, 11) is 1.57. The zero-order valence-corrected chi connectivity index (χ0v) is 22.2. The van der Waals surface area contributed by atoms with Crippen molar-refractivity contribution >= 4 is 34.7 Å². The van der Waals surface area contributed by atoms with E-state index in [1.165, 1.54) is 12.1 Å². The lowest BCUT2D eigenvalue weighted by Gasteiger charge is -2.11. The Labute approximate surface area is 222 Å². The SMILES string of the molecule is COc1cc(C(=O)N/N=C\c2cc(C)n(-c3ccc(OCc4ccc(F)cc4)cc3)c2C)ccc1I. The van der Waals surface area contributed by atoms with Gasteiger partial charge in [0.15, 0.2) is 0 Å². The van der Waals surface area contributed by atoms with Gasteiger partial charge < -0.3 is 14.0 Å². The highest BCUT2D eigenvalue weighted by atomic mass is 127. The molecule has 0 unspecified atom stereocenters. The molecule has 1 aromatic heterocycles. The molecule has 1 heterocycles. The average molecular weight is 597 g/mol. The summed E-state index contributed by atoms with van der Waals surface area (Å²) in [6, 6.07) is 21.3. The third-order valence-corrected chi connectivity index (χ3v) is 6.56. The van der Waals surface area contributed by atoms with Crippen LogP contribution in [-0.2, 0) is 6.61 Å². The van der Waals surface area contributed by atoms with Crippen molar-refractivity contribution in [3.63, 3.8) is 0 Å². The minimum Gasteiger partial charge on any atom is -0.496 e. The number of methoxy groups -OCH3 is 1. The van der Waals surface area contributed by atoms with Crippen LogP contribution in [0.15, 0.2) is 77.9 Å². The molecule has 0 fully saturated rings. The number of hydrogen-bond donors (Lipinski definition) is 1. The summed E-state index contributed by atoms with van der Waals surface area (Å²) in [5.74, 6) is 0.787. The molecule has 0 aliphatic rings. The Kier molecular flexibility index (Phi) is 8.04. The number of nitrogens with zero attached hydrogens (tertiary/aromatic N) is 2. The second-order valence-corrected chi connectivity index (χ2v) is 9.28. The Hall–Kier alpha value is -3.66. The van der Waals surface area contributed by atoms with E-state index in [2.05, 4.69) is 37.7 Å². The minimum absolute atomic E-state index is 0.265. The van der Waals surface area contributed by atoms with E-state index < -0.39 is 0 Å². The van der Waals surface area contributed by atoms with Crippen molar-refractivity contribution in [3.05, 3.63) is 110 Å². The molecule has 4 rings (SSSR count). The molecule has 3 aromatic carbocycles. The van der Waals surface area contributed by atoms with Crippen molar-refractivity contribution in [3.8, 4) is 17.2 Å². The zero-order chi connectivity index (χ0) is 25.7. The highest BCUT2D eigenvalue weighted by Crippen LogP contribution is 2.23. The molecule has 0 radical (unpaired) electrons. The lowest BCUT2D eigenvalue weighted by atomic mass is 10.2. The van der Waals surface area contributed by atoms with Crippen LogP contribution in [0.2, 0.25) is 0 Å². The van der Waals surface area contributed by atoms with Crippen molar-refractivity contribution < 1.29 is 18.7 Å². The summed E-state index contributed by atoms with van der Waals surface area (Å²) < 4.78 is 27.2. The molecule has 0 aliphatic carbocycles. The van der Waals surface area contributed by atoms with Crippen LogP contribution < -0.4 is 14.9 Å². The molecular weight excluding hydrogens is 572 g/mol. The van der Waals surface area contributed by atoms with Gasteiger partial charge in [0.2, 0.25) is 0 Å². The fourth-order valence-corrected chi connectivity index (χ4v) is 4.34. The second kappa shape index (κ2) is 11.4. The molecule has 0 saturated heterocycles. The molecule has 6 nitrogen and oxygen atoms in total. The van der Waals surface area contributed by atoms with Crippen molar-refractivity contribution in [1.82, 2.24) is 9.99 Å². The van der Waals surface area contributed by atoms with Crippen LogP contribution >= 0.6 is 22.6 Å². The number of aryl methyl sites for hydroxylation is 1. The number of hydrogen-bond acceptors (Lipinski definition) is 4. The summed E-state index contributed by atoms with van der Waals surface area (Å²) in [4.78, 5) is 12.5. The number of nitrogens with one attached hydrogen (secondary N) is 1. The largest absolute Gasteiger partial charge is 0.496 e. The zero-order valence-electron chi connectivity index (χ0n) is 20.1. The summed E-state index contributed by atoms with van der Waals surface area (Å²) >= 11 is 2.15. The summed E-state index contributed by atoms with van der Waals surface area (Å²) in [6.45, 7) is 4.38. The van der Waals surface area contributed by atoms with Gasteiger partial charge in [-0.05, 0) is 103 Å². The smallest absolute Gasteiger partial charge is 0.271 e. The van der Waals surface area contributed by atoms with Gasteiger partial charge in [-0.2, -0.15) is 5.10 Å². The Balaban J connectivity index is 1.42. The third kappa shape index (κ3) is 5.93. The van der Waals surface area contributed by atoms with Crippen LogP contribution in [-0.4, -0.2) is 23.8 Å². The lowest BCUT2D eigenvalue weighted by molar-refractivity contribution is 0.0954. The molecule has 0 aliphatic heterocycles. The Morgan fingerprint density at radius 3 is 2.47 bits per heavy atom. The molecule has 0 spiro atoms. The molecular formula is C28H25FIN3O3. The number of carbonyl (C=O) groups excluding carboxylic acids is 1. The Bertz CT molecular complexity index is 1400. The standard InChI is InChI=1S/C28H25FIN3O3/c1-18-14-22(16-31-32-28(34)21-6-13-26(30)27(15-21)35-3)19(2)33(18)24-9-11-25(12-10-24)36-17-20-4-7-23(29)8-5-20/h4-16H,17H2,1-3H3,(H,32,34)/b31-16-. The predicted octanol–water partition coefficient (Wildman–Crippen LogP) is 6.19. The minimum atomic E-state index is -0.314. The van der Waals surface area contributed by atoms with E-state index in [-0.39, 0.29) is 11.7 Å². The van der Waals surface area contributed by atoms with Gasteiger partial charge in [0, 0.05) is 28.2 Å². The first-order valence-electron chi connectivity index (χ1n) is 11.2. The maximum Gasteiger partial charge on any atom is 0.271 e. The monoisotopic (exact) mass is 597 g/mol. The number of carbonyl (C=O) groups is 1. The maximum atomic E-state index is 13.1. The third-order valence-electron chi connectivity index (χ3n) is 5.67. The van der Waals surface area contributed by atoms with Gasteiger partial charge >= 0.3 is 0 Å². The van der Waals surface area contributed by atoms with Gasteiger partial charge in [-0.3, -0.25) is 4.79 Å². The molecule has 1 N–H and O–H groups in total. The number of aromatic nitrogens is 1. The van der Waals surface area contributed by atoms with Crippen molar-refractivity contribution in [2.75, 3.05) is 7.11 Å². The molecule has 4 aromatic rings. The number of benzene rings is 3. The van der Waals surface area contributed by atoms with Gasteiger partial charge in [0.1, 0.15) is 23.9 Å². The van der Waals surface area contributed by atoms with Crippen LogP contribution in [0.1, 0.15) is 32.9 Å². The van der Waals surface area contributed by atoms with Crippen LogP contribution in [0, 0.1) is 23.2 Å². The molecule has 1 amide bonds. The average Bonchev–Trinajstić information content (AvgIpc) is 3.16. The molecule has 0 atom stereocenters. The van der Waals surface area contributed by atoms with Crippen molar-refractivity contribution in [2.45, 2.75) is 20.5 Å². The highest BCUT2D eigenvalue weighted by molar-refractivity contribution is 14.1. The first-order valence-corrected chi connectivity index (χ1v) is 12.3. The van der Waals surface area contributed by atoms with E-state index in [4.69, 9.17) is 9.47 Å². The molecule has 184 valence electrons. The van der Waals surface area contributed by atoms with Crippen LogP contribution in [0.3, 0.4) is 0 Å². The van der Waals surface area contributed by atoms with E-state index in [0.29, 0.717) is 17.9 Å². The van der Waals surface area contributed by atoms with Gasteiger partial charge in [-0.1, -0.05) is 12.1 Å². The summed E-state index contributed by atoms with van der Waals surface area (Å²) in [5.41, 5.74) is 7.84. The van der Waals surface area contributed by atoms with Crippen LogP contribution in [0.4, 0.5) is 4.39 Å². The van der Waals surface area contributed by atoms with Crippen LogP contribution in [0.5, 0.6) is 11.5 Å². The summed E-state index contributed by atoms with van der Waals surface area (Å²) in [6.07, 6.45) is 1.64. The Morgan fingerprint density at radius 2 is 1.78 bits per heavy atom. The highest BCUT2D eigenvalue weighted by Gasteiger charge is 2.11. The number of ether oxygens (including phenoxy) is 2. The summed E-state index contributed by atoms with van der Waals surface area (Å²) in [5, 5.41) is 4.15. The maximum absolute atomic E-state index is 13.1. The van der Waals surface area contributed by atoms with E-state index >= 15 is 0 Å². The van der Waals surface area contributed by atoms with Gasteiger partial charge in [0.25, 0.3) is 5.91 Å². The van der Waals surface area contributed by atoms with E-state index in [9.17, 15) is 9.18 Å². The fourth-order valence-electron chi connectivity index (χ4n) is 3.78. The van der Waals surface area contributed by atoms with Gasteiger partial charge in [-0.15, -0.1) is 0 Å². The van der Waals surface area contributed by atoms with E-state index in [1.54, 1.807) is 37.6 Å². The molecule has 8 heteroatoms. The predicted molar refractivity (Wildman–Crippen MR) is 147 cm³/mol. The van der Waals surface area contributed by atoms with Crippen molar-refractivity contribution in [2.24, 2.45) is 5.10 Å². The first kappa shape index (κ1) is 25.4. The topological polar surface area (TPSA) is 64.8 Å². The Morgan fingerprint density at radius 1 is 1.06 bits per heavy atom.